The van der Waals surface area contributed by atoms with E-state index < -0.39 is 5.92 Å². The molecule has 1 aromatic heterocycles. The smallest absolute Gasteiger partial charge is 0.259 e. The van der Waals surface area contributed by atoms with Crippen molar-refractivity contribution >= 4 is 11.6 Å². The maximum atomic E-state index is 14.0. The minimum atomic E-state index is -0.742. The third kappa shape index (κ3) is 5.40. The standard InChI is InChI=1S/C32H28ClN3O4/c1-3-38-27-16-23(11-14-26(27)39-19-22-9-12-24(33)13-10-22)29-25(17-34)31(35)40-28-15-20(2)36(32(37)30(28)29)18-21-7-5-4-6-8-21/h4-16,29H,3,18-19,35H2,1-2H3. The van der Waals surface area contributed by atoms with Crippen LogP contribution in [-0.2, 0) is 13.2 Å². The van der Waals surface area contributed by atoms with Crippen LogP contribution < -0.4 is 25.5 Å². The van der Waals surface area contributed by atoms with Gasteiger partial charge in [0.1, 0.15) is 24.0 Å². The van der Waals surface area contributed by atoms with Crippen molar-refractivity contribution in [2.24, 2.45) is 5.73 Å². The molecule has 1 aliphatic rings. The van der Waals surface area contributed by atoms with E-state index in [-0.39, 0.29) is 17.0 Å². The van der Waals surface area contributed by atoms with Gasteiger partial charge >= 0.3 is 0 Å². The van der Waals surface area contributed by atoms with E-state index in [2.05, 4.69) is 6.07 Å². The van der Waals surface area contributed by atoms with Gasteiger partial charge in [-0.2, -0.15) is 5.26 Å². The molecule has 0 saturated heterocycles. The average Bonchev–Trinajstić information content (AvgIpc) is 2.95. The Labute approximate surface area is 237 Å². The van der Waals surface area contributed by atoms with Crippen LogP contribution in [0.5, 0.6) is 17.2 Å². The first kappa shape index (κ1) is 26.9. The normalized spacial score (nSPS) is 14.2. The number of allylic oxidation sites excluding steroid dienone is 1. The summed E-state index contributed by atoms with van der Waals surface area (Å²) in [5, 5.41) is 10.7. The number of halogens is 1. The Morgan fingerprint density at radius 3 is 2.45 bits per heavy atom. The second-order valence-corrected chi connectivity index (χ2v) is 9.86. The van der Waals surface area contributed by atoms with Gasteiger partial charge in [0.15, 0.2) is 11.5 Å². The molecule has 2 heterocycles. The van der Waals surface area contributed by atoms with Gasteiger partial charge in [0.25, 0.3) is 5.56 Å². The number of ether oxygens (including phenoxy) is 3. The minimum absolute atomic E-state index is 0.0272. The topological polar surface area (TPSA) is 99.5 Å². The SMILES string of the molecule is CCOc1cc(C2C(C#N)=C(N)Oc3cc(C)n(Cc4ccccc4)c(=O)c32)ccc1OCc1ccc(Cl)cc1. The lowest BCUT2D eigenvalue weighted by Crippen LogP contribution is -2.33. The van der Waals surface area contributed by atoms with E-state index in [4.69, 9.17) is 31.5 Å². The molecule has 0 radical (unpaired) electrons. The number of nitrogens with two attached hydrogens (primary N) is 1. The Kier molecular flexibility index (Phi) is 7.81. The summed E-state index contributed by atoms with van der Waals surface area (Å²) in [6, 6.07) is 26.5. The fraction of sp³-hybridized carbons (Fsp3) is 0.188. The summed E-state index contributed by atoms with van der Waals surface area (Å²) in [4.78, 5) is 14.0. The fourth-order valence-electron chi connectivity index (χ4n) is 4.82. The van der Waals surface area contributed by atoms with Crippen molar-refractivity contribution in [2.75, 3.05) is 6.61 Å². The number of nitriles is 1. The summed E-state index contributed by atoms with van der Waals surface area (Å²) in [5.74, 6) is 0.603. The highest BCUT2D eigenvalue weighted by atomic mass is 35.5. The van der Waals surface area contributed by atoms with E-state index >= 15 is 0 Å². The number of aryl methyl sites for hydroxylation is 1. The molecular weight excluding hydrogens is 526 g/mol. The predicted octanol–water partition coefficient (Wildman–Crippen LogP) is 6.05. The summed E-state index contributed by atoms with van der Waals surface area (Å²) < 4.78 is 19.5. The van der Waals surface area contributed by atoms with Crippen molar-refractivity contribution in [1.29, 1.82) is 5.26 Å². The zero-order valence-corrected chi connectivity index (χ0v) is 22.9. The molecule has 2 N–H and O–H groups in total. The van der Waals surface area contributed by atoms with E-state index in [0.29, 0.717) is 53.2 Å². The molecule has 1 unspecified atom stereocenters. The van der Waals surface area contributed by atoms with Gasteiger partial charge in [0, 0.05) is 16.8 Å². The van der Waals surface area contributed by atoms with Gasteiger partial charge in [-0.3, -0.25) is 4.79 Å². The van der Waals surface area contributed by atoms with Gasteiger partial charge in [-0.25, -0.2) is 0 Å². The van der Waals surface area contributed by atoms with Gasteiger partial charge in [0.2, 0.25) is 5.88 Å². The number of benzene rings is 3. The third-order valence-corrected chi connectivity index (χ3v) is 7.03. The largest absolute Gasteiger partial charge is 0.490 e. The maximum Gasteiger partial charge on any atom is 0.259 e. The van der Waals surface area contributed by atoms with E-state index in [1.54, 1.807) is 22.8 Å². The van der Waals surface area contributed by atoms with Crippen LogP contribution in [0.15, 0.2) is 95.1 Å². The zero-order chi connectivity index (χ0) is 28.2. The predicted molar refractivity (Wildman–Crippen MR) is 154 cm³/mol. The highest BCUT2D eigenvalue weighted by molar-refractivity contribution is 6.30. The Morgan fingerprint density at radius 2 is 1.75 bits per heavy atom. The molecule has 0 saturated carbocycles. The van der Waals surface area contributed by atoms with Crippen LogP contribution in [0.25, 0.3) is 0 Å². The summed E-state index contributed by atoms with van der Waals surface area (Å²) >= 11 is 6.00. The Bertz CT molecular complexity index is 1670. The summed E-state index contributed by atoms with van der Waals surface area (Å²) in [6.07, 6.45) is 0. The minimum Gasteiger partial charge on any atom is -0.490 e. The van der Waals surface area contributed by atoms with E-state index in [9.17, 15) is 10.1 Å². The van der Waals surface area contributed by atoms with Crippen LogP contribution in [0.4, 0.5) is 0 Å². The Morgan fingerprint density at radius 1 is 1.00 bits per heavy atom. The molecule has 0 amide bonds. The van der Waals surface area contributed by atoms with Crippen LogP contribution in [0, 0.1) is 18.3 Å². The van der Waals surface area contributed by atoms with Gasteiger partial charge in [-0.1, -0.05) is 60.1 Å². The molecule has 1 atom stereocenters. The van der Waals surface area contributed by atoms with Crippen molar-refractivity contribution in [1.82, 2.24) is 4.57 Å². The van der Waals surface area contributed by atoms with E-state index in [0.717, 1.165) is 16.8 Å². The molecule has 40 heavy (non-hydrogen) atoms. The fourth-order valence-corrected chi connectivity index (χ4v) is 4.94. The van der Waals surface area contributed by atoms with Crippen LogP contribution in [0.1, 0.15) is 40.8 Å². The molecule has 3 aromatic carbocycles. The molecule has 1 aliphatic heterocycles. The van der Waals surface area contributed by atoms with Crippen molar-refractivity contribution in [3.8, 4) is 23.3 Å². The second kappa shape index (κ2) is 11.6. The number of hydrogen-bond donors (Lipinski definition) is 1. The van der Waals surface area contributed by atoms with Crippen molar-refractivity contribution in [3.05, 3.63) is 134 Å². The Balaban J connectivity index is 1.57. The lowest BCUT2D eigenvalue weighted by atomic mass is 9.83. The number of rotatable bonds is 8. The molecule has 5 rings (SSSR count). The number of hydrogen-bond acceptors (Lipinski definition) is 6. The van der Waals surface area contributed by atoms with Gasteiger partial charge in [0.05, 0.1) is 24.6 Å². The average molecular weight is 554 g/mol. The van der Waals surface area contributed by atoms with Crippen molar-refractivity contribution < 1.29 is 14.2 Å². The highest BCUT2D eigenvalue weighted by Gasteiger charge is 2.35. The summed E-state index contributed by atoms with van der Waals surface area (Å²) in [6.45, 7) is 4.83. The van der Waals surface area contributed by atoms with Crippen LogP contribution in [0.3, 0.4) is 0 Å². The molecule has 7 nitrogen and oxygen atoms in total. The molecule has 0 aliphatic carbocycles. The molecule has 0 fully saturated rings. The first-order chi connectivity index (χ1) is 19.4. The van der Waals surface area contributed by atoms with Gasteiger partial charge in [-0.15, -0.1) is 0 Å². The lowest BCUT2D eigenvalue weighted by molar-refractivity contribution is 0.269. The van der Waals surface area contributed by atoms with Crippen LogP contribution >= 0.6 is 11.6 Å². The number of fused-ring (bicyclic) bond motifs is 1. The van der Waals surface area contributed by atoms with E-state index in [1.165, 1.54) is 0 Å². The van der Waals surface area contributed by atoms with E-state index in [1.807, 2.05) is 74.5 Å². The zero-order valence-electron chi connectivity index (χ0n) is 22.2. The highest BCUT2D eigenvalue weighted by Crippen LogP contribution is 2.43. The lowest BCUT2D eigenvalue weighted by Gasteiger charge is -2.28. The summed E-state index contributed by atoms with van der Waals surface area (Å²) in [5.41, 5.74) is 9.80. The van der Waals surface area contributed by atoms with Crippen molar-refractivity contribution in [3.63, 3.8) is 0 Å². The molecule has 0 bridgehead atoms. The number of nitrogens with zero attached hydrogens (tertiary/aromatic N) is 2. The quantitative estimate of drug-likeness (QED) is 0.285. The molecule has 202 valence electrons. The molecular formula is C32H28ClN3O4. The first-order valence-corrected chi connectivity index (χ1v) is 13.3. The summed E-state index contributed by atoms with van der Waals surface area (Å²) in [7, 11) is 0. The van der Waals surface area contributed by atoms with Crippen LogP contribution in [-0.4, -0.2) is 11.2 Å². The number of aromatic nitrogens is 1. The van der Waals surface area contributed by atoms with Gasteiger partial charge < -0.3 is 24.5 Å². The Hall–Kier alpha value is -4.67. The molecule has 8 heteroatoms. The third-order valence-electron chi connectivity index (χ3n) is 6.78. The number of pyridine rings is 1. The maximum absolute atomic E-state index is 14.0. The molecule has 4 aromatic rings. The monoisotopic (exact) mass is 553 g/mol. The van der Waals surface area contributed by atoms with Crippen LogP contribution in [0.2, 0.25) is 5.02 Å². The van der Waals surface area contributed by atoms with Crippen molar-refractivity contribution in [2.45, 2.75) is 32.9 Å². The molecule has 0 spiro atoms. The first-order valence-electron chi connectivity index (χ1n) is 12.9. The van der Waals surface area contributed by atoms with Gasteiger partial charge in [-0.05, 0) is 54.8 Å². The second-order valence-electron chi connectivity index (χ2n) is 9.42.